The van der Waals surface area contributed by atoms with Crippen LogP contribution in [0.15, 0.2) is 0 Å². The molecule has 0 bridgehead atoms. The average molecular weight is 213 g/mol. The zero-order valence-electron chi connectivity index (χ0n) is 6.98. The van der Waals surface area contributed by atoms with E-state index in [1.54, 1.807) is 0 Å². The molecule has 0 heterocycles. The van der Waals surface area contributed by atoms with Gasteiger partial charge in [0.25, 0.3) is 4.79 Å². The van der Waals surface area contributed by atoms with Crippen LogP contribution in [-0.2, 0) is 18.3 Å². The molecule has 1 unspecified atom stereocenters. The van der Waals surface area contributed by atoms with Gasteiger partial charge in [-0.3, -0.25) is 4.57 Å². The van der Waals surface area contributed by atoms with E-state index in [9.17, 15) is 4.57 Å². The van der Waals surface area contributed by atoms with Gasteiger partial charge < -0.3 is 19.5 Å². The van der Waals surface area contributed by atoms with Crippen LogP contribution in [0.25, 0.3) is 0 Å². The second kappa shape index (κ2) is 5.61. The summed E-state index contributed by atoms with van der Waals surface area (Å²) in [6, 6.07) is 0. The van der Waals surface area contributed by atoms with Gasteiger partial charge >= 0.3 is 7.60 Å². The van der Waals surface area contributed by atoms with Crippen molar-refractivity contribution in [3.63, 3.8) is 0 Å². The van der Waals surface area contributed by atoms with Gasteiger partial charge in [-0.25, -0.2) is 0 Å². The summed E-state index contributed by atoms with van der Waals surface area (Å²) < 4.78 is 25.5. The van der Waals surface area contributed by atoms with E-state index in [1.807, 2.05) is 0 Å². The number of rotatable bonds is 5. The smallest absolute Gasteiger partial charge is 0.407 e. The van der Waals surface area contributed by atoms with E-state index in [0.29, 0.717) is 0 Å². The Kier molecular flexibility index (Phi) is 5.61. The van der Waals surface area contributed by atoms with Gasteiger partial charge in [-0.1, -0.05) is 0 Å². The molecule has 0 aromatic rings. The Morgan fingerprint density at radius 3 is 2.50 bits per heavy atom. The normalized spacial score (nSPS) is 15.2. The molecule has 0 aliphatic rings. The summed E-state index contributed by atoms with van der Waals surface area (Å²) in [5.41, 5.74) is 5.15. The van der Waals surface area contributed by atoms with E-state index in [2.05, 4.69) is 21.5 Å². The van der Waals surface area contributed by atoms with Crippen molar-refractivity contribution >= 4 is 24.6 Å². The maximum absolute atomic E-state index is 11.5. The zero-order valence-corrected chi connectivity index (χ0v) is 8.69. The summed E-state index contributed by atoms with van der Waals surface area (Å²) in [4.78, 5) is -0.182. The van der Waals surface area contributed by atoms with Gasteiger partial charge in [-0.2, -0.15) is 0 Å². The fraction of sp³-hybridized carbons (Fsp3) is 0.800. The van der Waals surface area contributed by atoms with Gasteiger partial charge in [-0.15, -0.1) is 0 Å². The van der Waals surface area contributed by atoms with E-state index >= 15 is 0 Å². The molecular formula is C5H12NO4PS. The standard InChI is InChI=1S/C5H12NO4PS/c1-8-5(12)11(7,9-2)10-4-3-6/h3-4,6H2,1-2H3. The summed E-state index contributed by atoms with van der Waals surface area (Å²) in [7, 11) is -0.834. The molecule has 0 aliphatic carbocycles. The van der Waals surface area contributed by atoms with Crippen LogP contribution < -0.4 is 5.73 Å². The summed E-state index contributed by atoms with van der Waals surface area (Å²) in [6.45, 7) is 0.369. The molecule has 0 fully saturated rings. The molecule has 0 spiro atoms. The third kappa shape index (κ3) is 3.16. The highest BCUT2D eigenvalue weighted by Gasteiger charge is 2.30. The molecule has 7 heteroatoms. The van der Waals surface area contributed by atoms with Crippen LogP contribution in [0.4, 0.5) is 0 Å². The van der Waals surface area contributed by atoms with Gasteiger partial charge in [0, 0.05) is 13.7 Å². The molecule has 1 atom stereocenters. The average Bonchev–Trinajstić information content (AvgIpc) is 2.12. The lowest BCUT2D eigenvalue weighted by Crippen LogP contribution is -2.11. The Morgan fingerprint density at radius 2 is 2.17 bits per heavy atom. The van der Waals surface area contributed by atoms with Crippen molar-refractivity contribution in [1.29, 1.82) is 0 Å². The van der Waals surface area contributed by atoms with Gasteiger partial charge in [0.2, 0.25) is 0 Å². The fourth-order valence-electron chi connectivity index (χ4n) is 0.465. The molecule has 0 saturated heterocycles. The third-order valence-electron chi connectivity index (χ3n) is 1.02. The predicted molar refractivity (Wildman–Crippen MR) is 49.2 cm³/mol. The largest absolute Gasteiger partial charge is 0.481 e. The van der Waals surface area contributed by atoms with Crippen molar-refractivity contribution in [3.8, 4) is 0 Å². The van der Waals surface area contributed by atoms with Crippen molar-refractivity contribution in [1.82, 2.24) is 0 Å². The number of hydrogen-bond acceptors (Lipinski definition) is 6. The minimum Gasteiger partial charge on any atom is -0.481 e. The lowest BCUT2D eigenvalue weighted by Gasteiger charge is -2.14. The summed E-state index contributed by atoms with van der Waals surface area (Å²) >= 11 is 4.63. The molecule has 0 aromatic heterocycles. The van der Waals surface area contributed by atoms with Gasteiger partial charge in [0.1, 0.15) is 0 Å². The SMILES string of the molecule is COC(=S)P(=O)(OC)OCCN. The summed E-state index contributed by atoms with van der Waals surface area (Å²) in [6.07, 6.45) is 0. The highest BCUT2D eigenvalue weighted by atomic mass is 32.1. The maximum Gasteiger partial charge on any atom is 0.407 e. The second-order valence-corrected chi connectivity index (χ2v) is 4.47. The van der Waals surface area contributed by atoms with E-state index < -0.39 is 7.60 Å². The minimum absolute atomic E-state index is 0.120. The van der Waals surface area contributed by atoms with Crippen LogP contribution in [0.1, 0.15) is 0 Å². The van der Waals surface area contributed by atoms with E-state index in [1.165, 1.54) is 14.2 Å². The minimum atomic E-state index is -3.38. The van der Waals surface area contributed by atoms with Gasteiger partial charge in [-0.05, 0) is 12.2 Å². The fourth-order valence-corrected chi connectivity index (χ4v) is 1.78. The van der Waals surface area contributed by atoms with Crippen LogP contribution in [-0.4, -0.2) is 32.2 Å². The molecule has 2 N–H and O–H groups in total. The highest BCUT2D eigenvalue weighted by Crippen LogP contribution is 2.48. The number of nitrogens with two attached hydrogens (primary N) is 1. The lowest BCUT2D eigenvalue weighted by atomic mass is 10.8. The Morgan fingerprint density at radius 1 is 1.58 bits per heavy atom. The van der Waals surface area contributed by atoms with Crippen molar-refractivity contribution in [2.24, 2.45) is 5.73 Å². The molecule has 0 rings (SSSR count). The molecular weight excluding hydrogens is 201 g/mol. The zero-order chi connectivity index (χ0) is 9.61. The van der Waals surface area contributed by atoms with Crippen LogP contribution in [0.5, 0.6) is 0 Å². The van der Waals surface area contributed by atoms with Crippen molar-refractivity contribution in [2.75, 3.05) is 27.4 Å². The molecule has 0 radical (unpaired) electrons. The number of thiocarbonyl (C=S) groups is 1. The molecule has 12 heavy (non-hydrogen) atoms. The third-order valence-corrected chi connectivity index (χ3v) is 3.49. The second-order valence-electron chi connectivity index (χ2n) is 1.77. The van der Waals surface area contributed by atoms with Crippen LogP contribution in [0.3, 0.4) is 0 Å². The first-order valence-electron chi connectivity index (χ1n) is 3.19. The highest BCUT2D eigenvalue weighted by molar-refractivity contribution is 7.97. The first-order valence-corrected chi connectivity index (χ1v) is 5.14. The molecule has 72 valence electrons. The number of methoxy groups -OCH3 is 1. The van der Waals surface area contributed by atoms with Gasteiger partial charge in [0.05, 0.1) is 13.7 Å². The van der Waals surface area contributed by atoms with Crippen LogP contribution >= 0.6 is 19.8 Å². The van der Waals surface area contributed by atoms with Crippen molar-refractivity contribution < 1.29 is 18.3 Å². The van der Waals surface area contributed by atoms with Crippen LogP contribution in [0.2, 0.25) is 0 Å². The van der Waals surface area contributed by atoms with Crippen LogP contribution in [0, 0.1) is 0 Å². The summed E-state index contributed by atoms with van der Waals surface area (Å²) in [5, 5.41) is 0. The van der Waals surface area contributed by atoms with Gasteiger partial charge in [0.15, 0.2) is 0 Å². The first kappa shape index (κ1) is 12.0. The first-order chi connectivity index (χ1) is 5.60. The molecule has 5 nitrogen and oxygen atoms in total. The molecule has 0 amide bonds. The number of ether oxygens (including phenoxy) is 1. The Labute approximate surface area is 76.7 Å². The van der Waals surface area contributed by atoms with E-state index in [4.69, 9.17) is 10.3 Å². The Bertz CT molecular complexity index is 198. The Hall–Kier alpha value is -0.0000000000000000694. The predicted octanol–water partition coefficient (Wildman–Crippen LogP) is 0.732. The number of hydrogen-bond donors (Lipinski definition) is 1. The lowest BCUT2D eigenvalue weighted by molar-refractivity contribution is 0.244. The topological polar surface area (TPSA) is 70.8 Å². The molecule has 0 aliphatic heterocycles. The van der Waals surface area contributed by atoms with E-state index in [0.717, 1.165) is 0 Å². The van der Waals surface area contributed by atoms with Crippen molar-refractivity contribution in [3.05, 3.63) is 0 Å². The Balaban J connectivity index is 4.24. The molecule has 0 aromatic carbocycles. The van der Waals surface area contributed by atoms with Crippen molar-refractivity contribution in [2.45, 2.75) is 0 Å². The summed E-state index contributed by atoms with van der Waals surface area (Å²) in [5.74, 6) is 0. The quantitative estimate of drug-likeness (QED) is 0.536. The van der Waals surface area contributed by atoms with E-state index in [-0.39, 0.29) is 17.9 Å². The molecule has 0 saturated carbocycles. The maximum atomic E-state index is 11.5. The monoisotopic (exact) mass is 213 g/mol.